The van der Waals surface area contributed by atoms with E-state index in [1.807, 2.05) is 4.90 Å². The number of anilines is 2. The minimum Gasteiger partial charge on any atom is -0.369 e. The van der Waals surface area contributed by atoms with E-state index in [1.165, 1.54) is 11.3 Å². The summed E-state index contributed by atoms with van der Waals surface area (Å²) in [5.74, 6) is 0.283. The molecule has 0 saturated carbocycles. The van der Waals surface area contributed by atoms with E-state index < -0.39 is 0 Å². The van der Waals surface area contributed by atoms with Crippen LogP contribution in [0, 0.1) is 0 Å². The molecule has 0 bridgehead atoms. The first-order valence-electron chi connectivity index (χ1n) is 8.18. The molecule has 0 aromatic heterocycles. The van der Waals surface area contributed by atoms with Gasteiger partial charge in [0.15, 0.2) is 0 Å². The van der Waals surface area contributed by atoms with E-state index in [4.69, 9.17) is 0 Å². The average Bonchev–Trinajstić information content (AvgIpc) is 2.54. The Morgan fingerprint density at radius 1 is 1.19 bits per heavy atom. The number of amides is 1. The van der Waals surface area contributed by atoms with Gasteiger partial charge in [-0.1, -0.05) is 13.3 Å². The molecule has 21 heavy (non-hydrogen) atoms. The SMILES string of the molecule is CCCCN1C(=O)CCc2cc(N3CCNCC3)ccc21. The molecule has 2 aliphatic rings. The maximum Gasteiger partial charge on any atom is 0.227 e. The van der Waals surface area contributed by atoms with Gasteiger partial charge in [0.1, 0.15) is 0 Å². The van der Waals surface area contributed by atoms with Crippen LogP contribution in [-0.4, -0.2) is 38.6 Å². The molecule has 1 N–H and O–H groups in total. The van der Waals surface area contributed by atoms with Gasteiger partial charge in [-0.3, -0.25) is 4.79 Å². The van der Waals surface area contributed by atoms with Crippen molar-refractivity contribution in [3.8, 4) is 0 Å². The second-order valence-corrected chi connectivity index (χ2v) is 5.95. The summed E-state index contributed by atoms with van der Waals surface area (Å²) in [6, 6.07) is 6.63. The Bertz CT molecular complexity index is 509. The van der Waals surface area contributed by atoms with Gasteiger partial charge in [-0.2, -0.15) is 0 Å². The summed E-state index contributed by atoms with van der Waals surface area (Å²) in [5.41, 5.74) is 3.78. The Kier molecular flexibility index (Phi) is 4.44. The molecule has 1 aromatic carbocycles. The van der Waals surface area contributed by atoms with Crippen molar-refractivity contribution >= 4 is 17.3 Å². The van der Waals surface area contributed by atoms with Crippen LogP contribution in [0.15, 0.2) is 18.2 Å². The number of hydrogen-bond donors (Lipinski definition) is 1. The predicted octanol–water partition coefficient (Wildman–Crippen LogP) is 2.18. The lowest BCUT2D eigenvalue weighted by atomic mass is 9.99. The standard InChI is InChI=1S/C17H25N3O/c1-2-3-10-20-16-6-5-15(19-11-8-18-9-12-19)13-14(16)4-7-17(20)21/h5-6,13,18H,2-4,7-12H2,1H3. The first kappa shape index (κ1) is 14.4. The van der Waals surface area contributed by atoms with Crippen molar-refractivity contribution in [2.24, 2.45) is 0 Å². The first-order valence-corrected chi connectivity index (χ1v) is 8.18. The van der Waals surface area contributed by atoms with E-state index in [9.17, 15) is 4.79 Å². The lowest BCUT2D eigenvalue weighted by Crippen LogP contribution is -2.43. The van der Waals surface area contributed by atoms with Gasteiger partial charge < -0.3 is 15.1 Å². The molecule has 0 atom stereocenters. The Balaban J connectivity index is 1.82. The summed E-state index contributed by atoms with van der Waals surface area (Å²) in [4.78, 5) is 16.6. The van der Waals surface area contributed by atoms with Crippen LogP contribution in [0.25, 0.3) is 0 Å². The van der Waals surface area contributed by atoms with Gasteiger partial charge in [0.25, 0.3) is 0 Å². The summed E-state index contributed by atoms with van der Waals surface area (Å²) in [6.45, 7) is 7.27. The van der Waals surface area contributed by atoms with E-state index in [2.05, 4.69) is 35.3 Å². The van der Waals surface area contributed by atoms with E-state index in [0.29, 0.717) is 6.42 Å². The quantitative estimate of drug-likeness (QED) is 0.922. The van der Waals surface area contributed by atoms with Crippen LogP contribution in [0.4, 0.5) is 11.4 Å². The van der Waals surface area contributed by atoms with E-state index in [-0.39, 0.29) is 5.91 Å². The molecule has 3 rings (SSSR count). The lowest BCUT2D eigenvalue weighted by molar-refractivity contribution is -0.118. The number of aryl methyl sites for hydroxylation is 1. The molecule has 4 nitrogen and oxygen atoms in total. The molecule has 0 aliphatic carbocycles. The second-order valence-electron chi connectivity index (χ2n) is 5.95. The summed E-state index contributed by atoms with van der Waals surface area (Å²) in [7, 11) is 0. The Morgan fingerprint density at radius 2 is 2.00 bits per heavy atom. The van der Waals surface area contributed by atoms with Gasteiger partial charge in [-0.05, 0) is 36.6 Å². The van der Waals surface area contributed by atoms with Gasteiger partial charge >= 0.3 is 0 Å². The third kappa shape index (κ3) is 3.05. The highest BCUT2D eigenvalue weighted by Crippen LogP contribution is 2.31. The third-order valence-electron chi connectivity index (χ3n) is 4.48. The molecule has 0 radical (unpaired) electrons. The topological polar surface area (TPSA) is 35.6 Å². The number of carbonyl (C=O) groups excluding carboxylic acids is 1. The van der Waals surface area contributed by atoms with Crippen molar-refractivity contribution in [3.05, 3.63) is 23.8 Å². The molecular formula is C17H25N3O. The van der Waals surface area contributed by atoms with Gasteiger partial charge in [0.2, 0.25) is 5.91 Å². The molecular weight excluding hydrogens is 262 g/mol. The minimum atomic E-state index is 0.283. The van der Waals surface area contributed by atoms with Gasteiger partial charge in [-0.15, -0.1) is 0 Å². The maximum absolute atomic E-state index is 12.2. The molecule has 4 heteroatoms. The van der Waals surface area contributed by atoms with Crippen LogP contribution in [-0.2, 0) is 11.2 Å². The highest BCUT2D eigenvalue weighted by Gasteiger charge is 2.24. The van der Waals surface area contributed by atoms with E-state index >= 15 is 0 Å². The molecule has 0 spiro atoms. The number of benzene rings is 1. The van der Waals surface area contributed by atoms with Crippen LogP contribution >= 0.6 is 0 Å². The number of fused-ring (bicyclic) bond motifs is 1. The van der Waals surface area contributed by atoms with Crippen molar-refractivity contribution in [2.75, 3.05) is 42.5 Å². The highest BCUT2D eigenvalue weighted by atomic mass is 16.2. The minimum absolute atomic E-state index is 0.283. The Labute approximate surface area is 127 Å². The molecule has 1 aromatic rings. The van der Waals surface area contributed by atoms with E-state index in [0.717, 1.165) is 57.7 Å². The van der Waals surface area contributed by atoms with E-state index in [1.54, 1.807) is 0 Å². The van der Waals surface area contributed by atoms with Crippen LogP contribution in [0.5, 0.6) is 0 Å². The average molecular weight is 287 g/mol. The zero-order valence-electron chi connectivity index (χ0n) is 12.9. The summed E-state index contributed by atoms with van der Waals surface area (Å²) >= 11 is 0. The second kappa shape index (κ2) is 6.48. The van der Waals surface area contributed by atoms with Crippen molar-refractivity contribution in [3.63, 3.8) is 0 Å². The molecule has 114 valence electrons. The number of hydrogen-bond acceptors (Lipinski definition) is 3. The van der Waals surface area contributed by atoms with Gasteiger partial charge in [0.05, 0.1) is 0 Å². The Morgan fingerprint density at radius 3 is 2.76 bits per heavy atom. The normalized spacial score (nSPS) is 18.8. The fourth-order valence-corrected chi connectivity index (χ4v) is 3.23. The molecule has 1 fully saturated rings. The fourth-order valence-electron chi connectivity index (χ4n) is 3.23. The molecule has 0 unspecified atom stereocenters. The van der Waals surface area contributed by atoms with Crippen molar-refractivity contribution in [1.29, 1.82) is 0 Å². The molecule has 2 heterocycles. The monoisotopic (exact) mass is 287 g/mol. The van der Waals surface area contributed by atoms with Crippen molar-refractivity contribution < 1.29 is 4.79 Å². The molecule has 1 saturated heterocycles. The number of rotatable bonds is 4. The zero-order valence-corrected chi connectivity index (χ0v) is 12.9. The van der Waals surface area contributed by atoms with Crippen LogP contribution < -0.4 is 15.1 Å². The lowest BCUT2D eigenvalue weighted by Gasteiger charge is -2.33. The molecule has 1 amide bonds. The van der Waals surface area contributed by atoms with Crippen molar-refractivity contribution in [2.45, 2.75) is 32.6 Å². The number of nitrogens with one attached hydrogen (secondary N) is 1. The number of piperazine rings is 1. The number of carbonyl (C=O) groups is 1. The number of nitrogens with zero attached hydrogens (tertiary/aromatic N) is 2. The largest absolute Gasteiger partial charge is 0.369 e. The molecule has 2 aliphatic heterocycles. The predicted molar refractivity (Wildman–Crippen MR) is 87.1 cm³/mol. The van der Waals surface area contributed by atoms with Crippen LogP contribution in [0.1, 0.15) is 31.7 Å². The highest BCUT2D eigenvalue weighted by molar-refractivity contribution is 5.96. The maximum atomic E-state index is 12.2. The zero-order chi connectivity index (χ0) is 14.7. The first-order chi connectivity index (χ1) is 10.3. The Hall–Kier alpha value is -1.55. The summed E-state index contributed by atoms with van der Waals surface area (Å²) in [6.07, 6.45) is 3.74. The third-order valence-corrected chi connectivity index (χ3v) is 4.48. The smallest absolute Gasteiger partial charge is 0.227 e. The van der Waals surface area contributed by atoms with Crippen LogP contribution in [0.3, 0.4) is 0 Å². The van der Waals surface area contributed by atoms with Gasteiger partial charge in [0, 0.05) is 50.5 Å². The summed E-state index contributed by atoms with van der Waals surface area (Å²) in [5, 5.41) is 3.39. The fraction of sp³-hybridized carbons (Fsp3) is 0.588. The summed E-state index contributed by atoms with van der Waals surface area (Å²) < 4.78 is 0. The van der Waals surface area contributed by atoms with Crippen LogP contribution in [0.2, 0.25) is 0 Å². The van der Waals surface area contributed by atoms with Crippen molar-refractivity contribution in [1.82, 2.24) is 5.32 Å². The van der Waals surface area contributed by atoms with Gasteiger partial charge in [-0.25, -0.2) is 0 Å². The number of unbranched alkanes of at least 4 members (excludes halogenated alkanes) is 1.